The molecule has 0 bridgehead atoms. The van der Waals surface area contributed by atoms with Crippen molar-refractivity contribution in [2.45, 2.75) is 76.1 Å². The first-order valence-corrected chi connectivity index (χ1v) is 9.34. The Morgan fingerprint density at radius 3 is 1.62 bits per heavy atom. The predicted molar refractivity (Wildman–Crippen MR) is 71.1 cm³/mol. The van der Waals surface area contributed by atoms with E-state index in [1.807, 2.05) is 0 Å². The molecule has 0 saturated heterocycles. The molecule has 0 heterocycles. The molecule has 16 heavy (non-hydrogen) atoms. The van der Waals surface area contributed by atoms with E-state index in [1.165, 1.54) is 44.9 Å². The summed E-state index contributed by atoms with van der Waals surface area (Å²) in [5, 5.41) is 8.41. The van der Waals surface area contributed by atoms with Crippen LogP contribution in [0.4, 0.5) is 0 Å². The molecular weight excluding hydrogens is 307 g/mol. The van der Waals surface area contributed by atoms with Gasteiger partial charge in [0.25, 0.3) is 0 Å². The maximum absolute atomic E-state index is 10.2. The van der Waals surface area contributed by atoms with Crippen LogP contribution in [0.5, 0.6) is 0 Å². The average Bonchev–Trinajstić information content (AvgIpc) is 2.29. The van der Waals surface area contributed by atoms with Crippen molar-refractivity contribution in [2.24, 2.45) is 0 Å². The molecule has 0 atom stereocenters. The van der Waals surface area contributed by atoms with Crippen molar-refractivity contribution in [3.63, 3.8) is 0 Å². The number of aliphatic carboxylic acids is 1. The van der Waals surface area contributed by atoms with Gasteiger partial charge in [-0.1, -0.05) is 58.3 Å². The molecule has 0 saturated carbocycles. The monoisotopic (exact) mass is 335 g/mol. The van der Waals surface area contributed by atoms with Gasteiger partial charge in [0.15, 0.2) is 0 Å². The van der Waals surface area contributed by atoms with Crippen LogP contribution in [0.2, 0.25) is 4.94 Å². The first kappa shape index (κ1) is 18.6. The summed E-state index contributed by atoms with van der Waals surface area (Å²) in [5.74, 6) is -0.659. The minimum atomic E-state index is -0.659. The zero-order chi connectivity index (χ0) is 12.6. The molecule has 2 nitrogen and oxygen atoms in total. The summed E-state index contributed by atoms with van der Waals surface area (Å²) >= 11 is 1.55. The number of unbranched alkanes of at least 4 members (excludes halogenated alkanes) is 8. The second-order valence-electron chi connectivity index (χ2n) is 3.97. The fourth-order valence-corrected chi connectivity index (χ4v) is 1.59. The predicted octanol–water partition coefficient (Wildman–Crippen LogP) is 4.19. The first-order valence-electron chi connectivity index (χ1n) is 6.49. The fourth-order valence-electron chi connectivity index (χ4n) is 1.59. The molecule has 0 aliphatic rings. The number of carboxylic acid groups (broad SMARTS) is 1. The van der Waals surface area contributed by atoms with E-state index in [9.17, 15) is 4.79 Å². The Kier molecular flexibility index (Phi) is 20.6. The Bertz CT molecular complexity index is 138. The van der Waals surface area contributed by atoms with Gasteiger partial charge in [-0.05, 0) is 6.42 Å². The number of hydrogen-bond donors (Lipinski definition) is 1. The second kappa shape index (κ2) is 17.7. The van der Waals surface area contributed by atoms with E-state index in [2.05, 4.69) is 11.9 Å². The Labute approximate surface area is 114 Å². The SMILES string of the molecule is CCCCCCCCCCCC(=O)O.[CH3][Sn]. The van der Waals surface area contributed by atoms with Crippen LogP contribution in [-0.2, 0) is 4.79 Å². The van der Waals surface area contributed by atoms with Crippen molar-refractivity contribution in [2.75, 3.05) is 0 Å². The van der Waals surface area contributed by atoms with Gasteiger partial charge < -0.3 is 5.11 Å². The first-order chi connectivity index (χ1) is 7.77. The van der Waals surface area contributed by atoms with Gasteiger partial charge in [0, 0.05) is 6.42 Å². The maximum atomic E-state index is 10.2. The van der Waals surface area contributed by atoms with Crippen molar-refractivity contribution < 1.29 is 9.90 Å². The van der Waals surface area contributed by atoms with E-state index in [1.54, 1.807) is 22.5 Å². The van der Waals surface area contributed by atoms with Gasteiger partial charge >= 0.3 is 33.4 Å². The molecular formula is C13H27O2Sn. The van der Waals surface area contributed by atoms with E-state index >= 15 is 0 Å². The van der Waals surface area contributed by atoms with Crippen LogP contribution < -0.4 is 0 Å². The van der Waals surface area contributed by atoms with Gasteiger partial charge in [0.05, 0.1) is 0 Å². The Hall–Kier alpha value is 0.269. The van der Waals surface area contributed by atoms with E-state index in [0.29, 0.717) is 6.42 Å². The summed E-state index contributed by atoms with van der Waals surface area (Å²) in [5.41, 5.74) is 0. The van der Waals surface area contributed by atoms with Crippen LogP contribution >= 0.6 is 0 Å². The van der Waals surface area contributed by atoms with E-state index < -0.39 is 5.97 Å². The van der Waals surface area contributed by atoms with Crippen molar-refractivity contribution in [3.05, 3.63) is 0 Å². The quantitative estimate of drug-likeness (QED) is 0.480. The van der Waals surface area contributed by atoms with Crippen molar-refractivity contribution in [1.29, 1.82) is 0 Å². The summed E-state index contributed by atoms with van der Waals surface area (Å²) in [7, 11) is 0. The van der Waals surface area contributed by atoms with Crippen LogP contribution in [0.1, 0.15) is 71.1 Å². The molecule has 95 valence electrons. The van der Waals surface area contributed by atoms with Crippen LogP contribution in [-0.4, -0.2) is 33.6 Å². The van der Waals surface area contributed by atoms with Gasteiger partial charge in [-0.3, -0.25) is 4.79 Å². The minimum absolute atomic E-state index is 0.343. The van der Waals surface area contributed by atoms with Gasteiger partial charge in [-0.2, -0.15) is 0 Å². The zero-order valence-electron chi connectivity index (χ0n) is 10.9. The van der Waals surface area contributed by atoms with Crippen molar-refractivity contribution in [1.82, 2.24) is 0 Å². The third-order valence-electron chi connectivity index (χ3n) is 2.49. The van der Waals surface area contributed by atoms with Crippen LogP contribution in [0.25, 0.3) is 0 Å². The molecule has 3 radical (unpaired) electrons. The number of carbonyl (C=O) groups is 1. The van der Waals surface area contributed by atoms with E-state index in [0.717, 1.165) is 12.8 Å². The zero-order valence-corrected chi connectivity index (χ0v) is 13.8. The summed E-state index contributed by atoms with van der Waals surface area (Å²) < 4.78 is 0. The third kappa shape index (κ3) is 19.8. The standard InChI is InChI=1S/C12H24O2.CH3.Sn/c1-2-3-4-5-6-7-8-9-10-11-12(13)14;;/h2-11H2,1H3,(H,13,14);1H3;. The molecule has 0 fully saturated rings. The molecule has 0 aromatic carbocycles. The Morgan fingerprint density at radius 1 is 0.875 bits per heavy atom. The molecule has 3 heteroatoms. The number of rotatable bonds is 10. The molecule has 0 aliphatic carbocycles. The van der Waals surface area contributed by atoms with Crippen molar-refractivity contribution >= 4 is 28.5 Å². The normalized spacial score (nSPS) is 9.44. The fraction of sp³-hybridized carbons (Fsp3) is 0.923. The molecule has 0 unspecified atom stereocenters. The average molecular weight is 334 g/mol. The summed E-state index contributed by atoms with van der Waals surface area (Å²) in [6, 6.07) is 0. The van der Waals surface area contributed by atoms with Crippen LogP contribution in [0.3, 0.4) is 0 Å². The molecule has 0 amide bonds. The molecule has 0 rings (SSSR count). The second-order valence-corrected chi connectivity index (χ2v) is 3.97. The molecule has 0 aromatic rings. The summed E-state index contributed by atoms with van der Waals surface area (Å²) in [4.78, 5) is 12.3. The molecule has 0 spiro atoms. The summed E-state index contributed by atoms with van der Waals surface area (Å²) in [6.45, 7) is 2.23. The third-order valence-corrected chi connectivity index (χ3v) is 2.49. The Morgan fingerprint density at radius 2 is 1.25 bits per heavy atom. The number of carboxylic acids is 1. The molecule has 0 aromatic heterocycles. The topological polar surface area (TPSA) is 37.3 Å². The van der Waals surface area contributed by atoms with Gasteiger partial charge in [0.1, 0.15) is 0 Å². The van der Waals surface area contributed by atoms with E-state index in [-0.39, 0.29) is 0 Å². The van der Waals surface area contributed by atoms with Crippen molar-refractivity contribution in [3.8, 4) is 0 Å². The van der Waals surface area contributed by atoms with Gasteiger partial charge in [-0.15, -0.1) is 0 Å². The molecule has 1 N–H and O–H groups in total. The summed E-state index contributed by atoms with van der Waals surface area (Å²) in [6.07, 6.45) is 11.5. The van der Waals surface area contributed by atoms with Gasteiger partial charge in [0.2, 0.25) is 0 Å². The Balaban J connectivity index is 0. The number of hydrogen-bond acceptors (Lipinski definition) is 1. The molecule has 0 aliphatic heterocycles. The van der Waals surface area contributed by atoms with Crippen LogP contribution in [0, 0.1) is 0 Å². The van der Waals surface area contributed by atoms with Gasteiger partial charge in [-0.25, -0.2) is 0 Å². The van der Waals surface area contributed by atoms with Crippen LogP contribution in [0.15, 0.2) is 0 Å². The van der Waals surface area contributed by atoms with E-state index in [4.69, 9.17) is 5.11 Å².